The maximum atomic E-state index is 12.4. The van der Waals surface area contributed by atoms with Gasteiger partial charge in [-0.2, -0.15) is 0 Å². The first-order chi connectivity index (χ1) is 10.4. The number of urea groups is 1. The lowest BCUT2D eigenvalue weighted by Gasteiger charge is -2.39. The lowest BCUT2D eigenvalue weighted by Crippen LogP contribution is -2.60. The summed E-state index contributed by atoms with van der Waals surface area (Å²) in [5.74, 6) is -1.06. The molecule has 1 atom stereocenters. The molecule has 2 aliphatic rings. The molecule has 22 heavy (non-hydrogen) atoms. The van der Waals surface area contributed by atoms with Crippen LogP contribution in [0, 0.1) is 5.92 Å². The highest BCUT2D eigenvalue weighted by Gasteiger charge is 2.35. The third-order valence-electron chi connectivity index (χ3n) is 4.79. The topological polar surface area (TPSA) is 89.9 Å². The monoisotopic (exact) mass is 311 g/mol. The Labute approximate surface area is 130 Å². The van der Waals surface area contributed by atoms with Gasteiger partial charge >= 0.3 is 12.0 Å². The van der Waals surface area contributed by atoms with E-state index in [0.29, 0.717) is 45.3 Å². The van der Waals surface area contributed by atoms with Gasteiger partial charge in [0, 0.05) is 25.7 Å². The van der Waals surface area contributed by atoms with E-state index in [1.165, 1.54) is 0 Å². The van der Waals surface area contributed by atoms with Crippen molar-refractivity contribution in [3.8, 4) is 0 Å². The van der Waals surface area contributed by atoms with E-state index >= 15 is 0 Å². The van der Waals surface area contributed by atoms with Gasteiger partial charge in [-0.15, -0.1) is 0 Å². The Bertz CT molecular complexity index is 446. The predicted octanol–water partition coefficient (Wildman–Crippen LogP) is 0.892. The Morgan fingerprint density at radius 3 is 2.41 bits per heavy atom. The Balaban J connectivity index is 1.85. The van der Waals surface area contributed by atoms with Crippen LogP contribution in [-0.4, -0.2) is 64.5 Å². The number of piperazine rings is 1. The van der Waals surface area contributed by atoms with Gasteiger partial charge in [-0.25, -0.2) is 4.79 Å². The van der Waals surface area contributed by atoms with Gasteiger partial charge in [0.1, 0.15) is 6.04 Å². The average molecular weight is 311 g/mol. The SMILES string of the molecule is CCN1CCN(C(=O)NC2CCC(C(=O)O)CC2)C(C)C1=O. The Hall–Kier alpha value is -1.79. The maximum Gasteiger partial charge on any atom is 0.318 e. The van der Waals surface area contributed by atoms with Crippen LogP contribution in [0.1, 0.15) is 39.5 Å². The van der Waals surface area contributed by atoms with Gasteiger partial charge in [0.25, 0.3) is 0 Å². The summed E-state index contributed by atoms with van der Waals surface area (Å²) in [5, 5.41) is 11.9. The molecular weight excluding hydrogens is 286 g/mol. The average Bonchev–Trinajstić information content (AvgIpc) is 2.50. The third-order valence-corrected chi connectivity index (χ3v) is 4.79. The number of likely N-dealkylation sites (N-methyl/N-ethyl adjacent to an activating group) is 1. The highest BCUT2D eigenvalue weighted by atomic mass is 16.4. The fourth-order valence-electron chi connectivity index (χ4n) is 3.26. The van der Waals surface area contributed by atoms with Crippen LogP contribution < -0.4 is 5.32 Å². The molecule has 0 aromatic carbocycles. The number of carbonyl (C=O) groups excluding carboxylic acids is 2. The van der Waals surface area contributed by atoms with Crippen molar-refractivity contribution in [1.29, 1.82) is 0 Å². The summed E-state index contributed by atoms with van der Waals surface area (Å²) in [7, 11) is 0. The van der Waals surface area contributed by atoms with Crippen molar-refractivity contribution in [3.05, 3.63) is 0 Å². The molecule has 2 N–H and O–H groups in total. The highest BCUT2D eigenvalue weighted by Crippen LogP contribution is 2.24. The smallest absolute Gasteiger partial charge is 0.318 e. The fourth-order valence-corrected chi connectivity index (χ4v) is 3.26. The molecule has 1 saturated carbocycles. The molecule has 1 unspecified atom stereocenters. The number of nitrogens with one attached hydrogen (secondary N) is 1. The standard InChI is InChI=1S/C15H25N3O4/c1-3-17-8-9-18(10(2)13(17)19)15(22)16-12-6-4-11(5-7-12)14(20)21/h10-12H,3-9H2,1-2H3,(H,16,22)(H,20,21). The van der Waals surface area contributed by atoms with Crippen LogP contribution in [0.4, 0.5) is 4.79 Å². The van der Waals surface area contributed by atoms with Gasteiger partial charge in [-0.3, -0.25) is 9.59 Å². The lowest BCUT2D eigenvalue weighted by molar-refractivity contribution is -0.143. The van der Waals surface area contributed by atoms with E-state index in [-0.39, 0.29) is 23.9 Å². The summed E-state index contributed by atoms with van der Waals surface area (Å²) in [6.07, 6.45) is 2.55. The normalized spacial score (nSPS) is 29.4. The zero-order chi connectivity index (χ0) is 16.3. The van der Waals surface area contributed by atoms with Crippen molar-refractivity contribution in [2.24, 2.45) is 5.92 Å². The number of carboxylic acids is 1. The molecule has 0 spiro atoms. The van der Waals surface area contributed by atoms with Gasteiger partial charge in [0.2, 0.25) is 5.91 Å². The first-order valence-corrected chi connectivity index (χ1v) is 8.02. The number of amides is 3. The quantitative estimate of drug-likeness (QED) is 0.810. The summed E-state index contributed by atoms with van der Waals surface area (Å²) < 4.78 is 0. The summed E-state index contributed by atoms with van der Waals surface area (Å²) in [6, 6.07) is -0.644. The van der Waals surface area contributed by atoms with E-state index in [1.54, 1.807) is 16.7 Å². The zero-order valence-corrected chi connectivity index (χ0v) is 13.2. The number of nitrogens with zero attached hydrogens (tertiary/aromatic N) is 2. The fraction of sp³-hybridized carbons (Fsp3) is 0.800. The first kappa shape index (κ1) is 16.6. The predicted molar refractivity (Wildman–Crippen MR) is 80.3 cm³/mol. The highest BCUT2D eigenvalue weighted by molar-refractivity contribution is 5.88. The molecule has 7 nitrogen and oxygen atoms in total. The van der Waals surface area contributed by atoms with Crippen LogP contribution in [0.2, 0.25) is 0 Å². The minimum absolute atomic E-state index is 0.00890. The van der Waals surface area contributed by atoms with Gasteiger partial charge < -0.3 is 20.2 Å². The minimum Gasteiger partial charge on any atom is -0.481 e. The number of carboxylic acid groups (broad SMARTS) is 1. The second-order valence-corrected chi connectivity index (χ2v) is 6.12. The summed E-state index contributed by atoms with van der Waals surface area (Å²) >= 11 is 0. The van der Waals surface area contributed by atoms with E-state index in [1.807, 2.05) is 6.92 Å². The number of rotatable bonds is 3. The van der Waals surface area contributed by atoms with Crippen LogP contribution in [0.3, 0.4) is 0 Å². The number of aliphatic carboxylic acids is 1. The second-order valence-electron chi connectivity index (χ2n) is 6.12. The van der Waals surface area contributed by atoms with E-state index < -0.39 is 12.0 Å². The molecule has 1 aliphatic carbocycles. The Kier molecular flexibility index (Phi) is 5.26. The van der Waals surface area contributed by atoms with Crippen LogP contribution in [-0.2, 0) is 9.59 Å². The largest absolute Gasteiger partial charge is 0.481 e. The van der Waals surface area contributed by atoms with Crippen LogP contribution >= 0.6 is 0 Å². The molecule has 0 aromatic rings. The molecule has 0 radical (unpaired) electrons. The van der Waals surface area contributed by atoms with Crippen LogP contribution in [0.15, 0.2) is 0 Å². The number of carbonyl (C=O) groups is 3. The summed E-state index contributed by atoms with van der Waals surface area (Å²) in [5.41, 5.74) is 0. The molecular formula is C15H25N3O4. The number of hydrogen-bond acceptors (Lipinski definition) is 3. The maximum absolute atomic E-state index is 12.4. The van der Waals surface area contributed by atoms with E-state index in [4.69, 9.17) is 5.11 Å². The van der Waals surface area contributed by atoms with Gasteiger partial charge in [0.15, 0.2) is 0 Å². The molecule has 3 amide bonds. The van der Waals surface area contributed by atoms with Crippen molar-refractivity contribution < 1.29 is 19.5 Å². The Morgan fingerprint density at radius 2 is 1.86 bits per heavy atom. The van der Waals surface area contributed by atoms with Crippen LogP contribution in [0.5, 0.6) is 0 Å². The van der Waals surface area contributed by atoms with Gasteiger partial charge in [-0.1, -0.05) is 0 Å². The number of hydrogen-bond donors (Lipinski definition) is 2. The molecule has 2 fully saturated rings. The zero-order valence-electron chi connectivity index (χ0n) is 13.2. The molecule has 1 saturated heterocycles. The van der Waals surface area contributed by atoms with E-state index in [0.717, 1.165) is 0 Å². The minimum atomic E-state index is -0.750. The summed E-state index contributed by atoms with van der Waals surface area (Å²) in [6.45, 7) is 5.46. The van der Waals surface area contributed by atoms with Crippen molar-refractivity contribution in [2.75, 3.05) is 19.6 Å². The molecule has 0 bridgehead atoms. The van der Waals surface area contributed by atoms with Gasteiger partial charge in [0.05, 0.1) is 5.92 Å². The molecule has 1 heterocycles. The van der Waals surface area contributed by atoms with Crippen molar-refractivity contribution in [2.45, 2.75) is 51.6 Å². The van der Waals surface area contributed by atoms with Crippen molar-refractivity contribution in [1.82, 2.24) is 15.1 Å². The van der Waals surface area contributed by atoms with Crippen LogP contribution in [0.25, 0.3) is 0 Å². The summed E-state index contributed by atoms with van der Waals surface area (Å²) in [4.78, 5) is 38.7. The lowest BCUT2D eigenvalue weighted by atomic mass is 9.86. The third kappa shape index (κ3) is 3.51. The van der Waals surface area contributed by atoms with E-state index in [9.17, 15) is 14.4 Å². The van der Waals surface area contributed by atoms with Crippen molar-refractivity contribution in [3.63, 3.8) is 0 Å². The first-order valence-electron chi connectivity index (χ1n) is 8.02. The van der Waals surface area contributed by atoms with Crippen molar-refractivity contribution >= 4 is 17.9 Å². The molecule has 124 valence electrons. The molecule has 1 aliphatic heterocycles. The second kappa shape index (κ2) is 6.98. The van der Waals surface area contributed by atoms with Gasteiger partial charge in [-0.05, 0) is 39.5 Å². The molecule has 2 rings (SSSR count). The molecule has 0 aromatic heterocycles. The Morgan fingerprint density at radius 1 is 1.23 bits per heavy atom. The van der Waals surface area contributed by atoms with E-state index in [2.05, 4.69) is 5.32 Å². The molecule has 7 heteroatoms.